The third-order valence-electron chi connectivity index (χ3n) is 8.17. The summed E-state index contributed by atoms with van der Waals surface area (Å²) in [6.07, 6.45) is 0.524. The van der Waals surface area contributed by atoms with Crippen molar-refractivity contribution in [2.24, 2.45) is 0 Å². The molecule has 10 nitrogen and oxygen atoms in total. The number of aromatic nitrogens is 2. The summed E-state index contributed by atoms with van der Waals surface area (Å²) >= 11 is 0. The van der Waals surface area contributed by atoms with Crippen LogP contribution < -0.4 is 15.2 Å². The molecule has 1 aromatic heterocycles. The molecule has 10 heteroatoms. The molecule has 6 rings (SSSR count). The van der Waals surface area contributed by atoms with Crippen molar-refractivity contribution in [2.75, 3.05) is 44.7 Å². The lowest BCUT2D eigenvalue weighted by Crippen LogP contribution is -2.50. The van der Waals surface area contributed by atoms with Gasteiger partial charge in [-0.05, 0) is 49.2 Å². The van der Waals surface area contributed by atoms with Gasteiger partial charge in [0.1, 0.15) is 5.75 Å². The zero-order valence-corrected chi connectivity index (χ0v) is 23.5. The number of fused-ring (bicyclic) bond motifs is 2. The molecular weight excluding hydrogens is 534 g/mol. The molecule has 3 amide bonds. The quantitative estimate of drug-likeness (QED) is 0.342. The lowest BCUT2D eigenvalue weighted by molar-refractivity contribution is -0.132. The minimum absolute atomic E-state index is 0.0763. The molecule has 4 aromatic rings. The first-order valence-electron chi connectivity index (χ1n) is 14.0. The number of hydrogen-bond donors (Lipinski definition) is 1. The molecule has 214 valence electrons. The monoisotopic (exact) mass is 565 g/mol. The van der Waals surface area contributed by atoms with Gasteiger partial charge in [0, 0.05) is 38.1 Å². The molecule has 1 N–H and O–H groups in total. The lowest BCUT2D eigenvalue weighted by Gasteiger charge is -2.37. The van der Waals surface area contributed by atoms with E-state index in [2.05, 4.69) is 15.1 Å². The van der Waals surface area contributed by atoms with Gasteiger partial charge in [0.2, 0.25) is 5.91 Å². The number of nitrogens with zero attached hydrogens (tertiary/aromatic N) is 4. The summed E-state index contributed by atoms with van der Waals surface area (Å²) in [6.45, 7) is 4.01. The molecule has 2 aliphatic heterocycles. The van der Waals surface area contributed by atoms with Crippen LogP contribution in [-0.2, 0) is 11.2 Å². The van der Waals surface area contributed by atoms with Crippen molar-refractivity contribution < 1.29 is 19.1 Å². The normalized spacial score (nSPS) is 15.7. The number of methoxy groups -OCH3 is 1. The van der Waals surface area contributed by atoms with Crippen molar-refractivity contribution in [1.29, 1.82) is 0 Å². The number of benzene rings is 3. The number of H-pyrrole nitrogens is 1. The molecule has 3 aromatic carbocycles. The molecule has 1 fully saturated rings. The second kappa shape index (κ2) is 11.1. The Morgan fingerprint density at radius 2 is 1.67 bits per heavy atom. The fourth-order valence-corrected chi connectivity index (χ4v) is 5.88. The first-order valence-corrected chi connectivity index (χ1v) is 14.0. The Hall–Kier alpha value is -4.99. The van der Waals surface area contributed by atoms with Crippen LogP contribution in [0.2, 0.25) is 0 Å². The summed E-state index contributed by atoms with van der Waals surface area (Å²) in [5.41, 5.74) is 2.77. The average molecular weight is 566 g/mol. The molecule has 42 heavy (non-hydrogen) atoms. The van der Waals surface area contributed by atoms with Crippen molar-refractivity contribution in [3.8, 4) is 5.75 Å². The van der Waals surface area contributed by atoms with Crippen LogP contribution >= 0.6 is 0 Å². The Morgan fingerprint density at radius 1 is 0.929 bits per heavy atom. The SMILES string of the molecule is COc1cccc(CCN2C(=O)c3cccc(N4CCN(C(=O)C(C)c5n[nH]c(=O)c6ccccc56)CC4)c3C2=O)c1. The highest BCUT2D eigenvalue weighted by atomic mass is 16.5. The number of anilines is 1. The van der Waals surface area contributed by atoms with E-state index in [4.69, 9.17) is 4.74 Å². The summed E-state index contributed by atoms with van der Waals surface area (Å²) in [7, 11) is 1.60. The number of piperazine rings is 1. The summed E-state index contributed by atoms with van der Waals surface area (Å²) < 4.78 is 5.29. The number of hydrogen-bond acceptors (Lipinski definition) is 7. The number of amides is 3. The minimum Gasteiger partial charge on any atom is -0.497 e. The molecule has 1 atom stereocenters. The first-order chi connectivity index (χ1) is 20.4. The molecular formula is C32H31N5O5. The highest BCUT2D eigenvalue weighted by Gasteiger charge is 2.39. The molecule has 1 unspecified atom stereocenters. The van der Waals surface area contributed by atoms with E-state index in [9.17, 15) is 19.2 Å². The molecule has 0 spiro atoms. The number of carbonyl (C=O) groups excluding carboxylic acids is 3. The van der Waals surface area contributed by atoms with Gasteiger partial charge in [-0.1, -0.05) is 36.4 Å². The topological polar surface area (TPSA) is 116 Å². The van der Waals surface area contributed by atoms with E-state index < -0.39 is 5.92 Å². The molecule has 1 saturated heterocycles. The molecule has 2 aliphatic rings. The smallest absolute Gasteiger partial charge is 0.272 e. The van der Waals surface area contributed by atoms with Crippen molar-refractivity contribution in [1.82, 2.24) is 20.0 Å². The predicted molar refractivity (Wildman–Crippen MR) is 158 cm³/mol. The third-order valence-corrected chi connectivity index (χ3v) is 8.17. The molecule has 3 heterocycles. The Labute approximate surface area is 242 Å². The summed E-state index contributed by atoms with van der Waals surface area (Å²) in [6, 6.07) is 20.1. The number of rotatable bonds is 7. The largest absolute Gasteiger partial charge is 0.497 e. The molecule has 0 saturated carbocycles. The van der Waals surface area contributed by atoms with Crippen LogP contribution in [0.1, 0.15) is 44.8 Å². The maximum absolute atomic E-state index is 13.5. The van der Waals surface area contributed by atoms with Crippen LogP contribution in [0.25, 0.3) is 10.8 Å². The van der Waals surface area contributed by atoms with Gasteiger partial charge in [0.15, 0.2) is 0 Å². The van der Waals surface area contributed by atoms with Crippen LogP contribution in [0.3, 0.4) is 0 Å². The third kappa shape index (κ3) is 4.78. The van der Waals surface area contributed by atoms with Crippen molar-refractivity contribution in [3.63, 3.8) is 0 Å². The Balaban J connectivity index is 1.15. The first kappa shape index (κ1) is 27.2. The van der Waals surface area contributed by atoms with Gasteiger partial charge in [-0.15, -0.1) is 0 Å². The standard InChI is InChI=1S/C32H31N5O5/c1-20(28-23-9-3-4-10-24(23)29(38)34-33-28)30(39)36-17-15-35(16-18-36)26-12-6-11-25-27(26)32(41)37(31(25)40)14-13-21-7-5-8-22(19-21)42-2/h3-12,19-20H,13-18H2,1-2H3,(H,34,38). The fraction of sp³-hybridized carbons (Fsp3) is 0.281. The summed E-state index contributed by atoms with van der Waals surface area (Å²) in [5, 5.41) is 7.90. The second-order valence-corrected chi connectivity index (χ2v) is 10.6. The van der Waals surface area contributed by atoms with Crippen LogP contribution in [0, 0.1) is 0 Å². The van der Waals surface area contributed by atoms with Gasteiger partial charge in [-0.25, -0.2) is 5.10 Å². The lowest BCUT2D eigenvalue weighted by atomic mass is 9.99. The Morgan fingerprint density at radius 3 is 2.43 bits per heavy atom. The minimum atomic E-state index is -0.545. The van der Waals surface area contributed by atoms with Gasteiger partial charge in [0.05, 0.1) is 40.9 Å². The second-order valence-electron chi connectivity index (χ2n) is 10.6. The highest BCUT2D eigenvalue weighted by Crippen LogP contribution is 2.33. The van der Waals surface area contributed by atoms with Crippen molar-refractivity contribution >= 4 is 34.2 Å². The van der Waals surface area contributed by atoms with Gasteiger partial charge in [-0.3, -0.25) is 24.1 Å². The molecule has 0 aliphatic carbocycles. The number of imide groups is 1. The van der Waals surface area contributed by atoms with Gasteiger partial charge < -0.3 is 14.5 Å². The van der Waals surface area contributed by atoms with E-state index in [1.165, 1.54) is 4.90 Å². The van der Waals surface area contributed by atoms with E-state index in [1.54, 1.807) is 43.2 Å². The van der Waals surface area contributed by atoms with Crippen LogP contribution in [0.5, 0.6) is 5.75 Å². The van der Waals surface area contributed by atoms with Crippen LogP contribution in [-0.4, -0.2) is 77.6 Å². The van der Waals surface area contributed by atoms with Crippen LogP contribution in [0.4, 0.5) is 5.69 Å². The average Bonchev–Trinajstić information content (AvgIpc) is 3.28. The highest BCUT2D eigenvalue weighted by molar-refractivity contribution is 6.23. The van der Waals surface area contributed by atoms with E-state index in [0.29, 0.717) is 65.9 Å². The Kier molecular flexibility index (Phi) is 7.20. The summed E-state index contributed by atoms with van der Waals surface area (Å²) in [4.78, 5) is 57.6. The maximum atomic E-state index is 13.5. The van der Waals surface area contributed by atoms with E-state index in [-0.39, 0.29) is 29.8 Å². The zero-order valence-electron chi connectivity index (χ0n) is 23.5. The van der Waals surface area contributed by atoms with Crippen molar-refractivity contribution in [3.05, 3.63) is 99.5 Å². The number of nitrogens with one attached hydrogen (secondary N) is 1. The van der Waals surface area contributed by atoms with E-state index >= 15 is 0 Å². The van der Waals surface area contributed by atoms with Gasteiger partial charge in [-0.2, -0.15) is 5.10 Å². The van der Waals surface area contributed by atoms with Crippen molar-refractivity contribution in [2.45, 2.75) is 19.3 Å². The maximum Gasteiger partial charge on any atom is 0.272 e. The molecule has 0 radical (unpaired) electrons. The predicted octanol–water partition coefficient (Wildman–Crippen LogP) is 3.22. The van der Waals surface area contributed by atoms with E-state index in [1.807, 2.05) is 42.5 Å². The zero-order chi connectivity index (χ0) is 29.4. The van der Waals surface area contributed by atoms with Gasteiger partial charge >= 0.3 is 0 Å². The fourth-order valence-electron chi connectivity index (χ4n) is 5.88. The number of ether oxygens (including phenoxy) is 1. The van der Waals surface area contributed by atoms with Gasteiger partial charge in [0.25, 0.3) is 17.4 Å². The molecule has 0 bridgehead atoms. The van der Waals surface area contributed by atoms with Crippen LogP contribution in [0.15, 0.2) is 71.5 Å². The number of aromatic amines is 1. The summed E-state index contributed by atoms with van der Waals surface area (Å²) in [5.74, 6) is -0.476. The number of carbonyl (C=O) groups is 3. The van der Waals surface area contributed by atoms with E-state index in [0.717, 1.165) is 11.3 Å². The Bertz CT molecular complexity index is 1760.